The van der Waals surface area contributed by atoms with E-state index in [9.17, 15) is 0 Å². The second-order valence-corrected chi connectivity index (χ2v) is 3.24. The zero-order valence-corrected chi connectivity index (χ0v) is 6.92. The molecule has 0 aromatic heterocycles. The van der Waals surface area contributed by atoms with E-state index in [1.54, 1.807) is 0 Å². The fraction of sp³-hybridized carbons (Fsp3) is 0.400. The molecule has 1 nitrogen and oxygen atoms in total. The fourth-order valence-electron chi connectivity index (χ4n) is 1.44. The first-order valence-electron chi connectivity index (χ1n) is 3.95. The summed E-state index contributed by atoms with van der Waals surface area (Å²) in [5, 5.41) is 0. The maximum atomic E-state index is 5.20. The summed E-state index contributed by atoms with van der Waals surface area (Å²) in [4.78, 5) is 0. The third-order valence-corrected chi connectivity index (χ3v) is 1.95. The molecule has 0 aliphatic carbocycles. The molecule has 11 heavy (non-hydrogen) atoms. The first kappa shape index (κ1) is 6.86. The Kier molecular flexibility index (Phi) is 1.46. The minimum absolute atomic E-state index is 0.397. The molecule has 0 unspecified atom stereocenters. The zero-order valence-electron chi connectivity index (χ0n) is 6.92. The van der Waals surface area contributed by atoms with Crippen molar-refractivity contribution in [3.8, 4) is 0 Å². The van der Waals surface area contributed by atoms with E-state index in [2.05, 4.69) is 32.0 Å². The molecule has 0 saturated carbocycles. The van der Waals surface area contributed by atoms with Gasteiger partial charge >= 0.3 is 0 Å². The number of aryl methyl sites for hydroxylation is 2. The smallest absolute Gasteiger partial charge is 0.106 e. The Morgan fingerprint density at radius 2 is 1.73 bits per heavy atom. The van der Waals surface area contributed by atoms with Crippen LogP contribution in [-0.2, 0) is 4.74 Å². The maximum Gasteiger partial charge on any atom is 0.106 e. The van der Waals surface area contributed by atoms with Crippen LogP contribution in [0.1, 0.15) is 22.8 Å². The molecule has 0 spiro atoms. The molecular formula is C10H12O. The van der Waals surface area contributed by atoms with Crippen LogP contribution in [0.5, 0.6) is 0 Å². The van der Waals surface area contributed by atoms with Crippen molar-refractivity contribution in [2.75, 3.05) is 6.61 Å². The Bertz CT molecular complexity index is 254. The molecule has 0 amide bonds. The van der Waals surface area contributed by atoms with E-state index in [4.69, 9.17) is 4.74 Å². The van der Waals surface area contributed by atoms with Crippen molar-refractivity contribution in [3.63, 3.8) is 0 Å². The molecule has 0 radical (unpaired) electrons. The molecule has 0 N–H and O–H groups in total. The number of ether oxygens (including phenoxy) is 1. The third kappa shape index (κ3) is 1.43. The van der Waals surface area contributed by atoms with E-state index in [-0.39, 0.29) is 0 Å². The highest BCUT2D eigenvalue weighted by Gasteiger charge is 2.24. The fourth-order valence-corrected chi connectivity index (χ4v) is 1.44. The van der Waals surface area contributed by atoms with Gasteiger partial charge in [0.05, 0.1) is 6.61 Å². The van der Waals surface area contributed by atoms with Gasteiger partial charge in [0.25, 0.3) is 0 Å². The highest BCUT2D eigenvalue weighted by Crippen LogP contribution is 2.30. The Morgan fingerprint density at radius 3 is 2.18 bits per heavy atom. The Morgan fingerprint density at radius 1 is 1.18 bits per heavy atom. The molecule has 1 aromatic rings. The van der Waals surface area contributed by atoms with Gasteiger partial charge in [-0.05, 0) is 19.4 Å². The van der Waals surface area contributed by atoms with Crippen molar-refractivity contribution in [3.05, 3.63) is 34.9 Å². The molecule has 1 aromatic carbocycles. The highest BCUT2D eigenvalue weighted by atomic mass is 16.6. The predicted octanol–water partition coefficient (Wildman–Crippen LogP) is 2.37. The summed E-state index contributed by atoms with van der Waals surface area (Å²) in [7, 11) is 0. The van der Waals surface area contributed by atoms with Gasteiger partial charge in [-0.25, -0.2) is 0 Å². The van der Waals surface area contributed by atoms with Crippen molar-refractivity contribution in [2.45, 2.75) is 20.0 Å². The van der Waals surface area contributed by atoms with E-state index in [0.717, 1.165) is 6.61 Å². The summed E-state index contributed by atoms with van der Waals surface area (Å²) >= 11 is 0. The van der Waals surface area contributed by atoms with Crippen molar-refractivity contribution in [2.24, 2.45) is 0 Å². The standard InChI is InChI=1S/C10H12O/c1-7-3-8(2)5-9(4-7)10-6-11-10/h3-5,10H,6H2,1-2H3/t10-/m0/s1. The summed E-state index contributed by atoms with van der Waals surface area (Å²) in [6, 6.07) is 6.58. The summed E-state index contributed by atoms with van der Waals surface area (Å²) < 4.78 is 5.20. The van der Waals surface area contributed by atoms with Gasteiger partial charge in [-0.1, -0.05) is 29.3 Å². The van der Waals surface area contributed by atoms with Gasteiger partial charge in [0.15, 0.2) is 0 Å². The van der Waals surface area contributed by atoms with Crippen LogP contribution in [0.3, 0.4) is 0 Å². The minimum atomic E-state index is 0.397. The van der Waals surface area contributed by atoms with Gasteiger partial charge in [0.2, 0.25) is 0 Å². The lowest BCUT2D eigenvalue weighted by molar-refractivity contribution is 0.415. The van der Waals surface area contributed by atoms with E-state index in [1.165, 1.54) is 16.7 Å². The lowest BCUT2D eigenvalue weighted by Crippen LogP contribution is -1.84. The van der Waals surface area contributed by atoms with Gasteiger partial charge in [-0.2, -0.15) is 0 Å². The average Bonchev–Trinajstić information content (AvgIpc) is 2.64. The molecule has 1 heterocycles. The topological polar surface area (TPSA) is 12.5 Å². The van der Waals surface area contributed by atoms with Crippen molar-refractivity contribution < 1.29 is 4.74 Å². The first-order valence-corrected chi connectivity index (χ1v) is 3.95. The second-order valence-electron chi connectivity index (χ2n) is 3.24. The molecule has 1 aliphatic rings. The molecule has 1 aliphatic heterocycles. The van der Waals surface area contributed by atoms with Crippen LogP contribution in [-0.4, -0.2) is 6.61 Å². The lowest BCUT2D eigenvalue weighted by atomic mass is 10.1. The number of epoxide rings is 1. The zero-order chi connectivity index (χ0) is 7.84. The third-order valence-electron chi connectivity index (χ3n) is 1.95. The van der Waals surface area contributed by atoms with Crippen LogP contribution in [0.15, 0.2) is 18.2 Å². The molecule has 1 heteroatoms. The first-order chi connectivity index (χ1) is 5.25. The van der Waals surface area contributed by atoms with Crippen molar-refractivity contribution in [1.29, 1.82) is 0 Å². The van der Waals surface area contributed by atoms with Crippen LogP contribution in [0.2, 0.25) is 0 Å². The van der Waals surface area contributed by atoms with Crippen molar-refractivity contribution in [1.82, 2.24) is 0 Å². The van der Waals surface area contributed by atoms with Crippen molar-refractivity contribution >= 4 is 0 Å². The van der Waals surface area contributed by atoms with Crippen LogP contribution in [0.4, 0.5) is 0 Å². The summed E-state index contributed by atoms with van der Waals surface area (Å²) in [6.45, 7) is 5.15. The van der Waals surface area contributed by atoms with E-state index < -0.39 is 0 Å². The Balaban J connectivity index is 2.39. The summed E-state index contributed by atoms with van der Waals surface area (Å²) in [6.07, 6.45) is 0.397. The normalized spacial score (nSPS) is 21.8. The van der Waals surface area contributed by atoms with Crippen LogP contribution in [0, 0.1) is 13.8 Å². The molecule has 0 bridgehead atoms. The lowest BCUT2D eigenvalue weighted by Gasteiger charge is -2.00. The SMILES string of the molecule is Cc1cc(C)cc([C@@H]2CO2)c1. The number of benzene rings is 1. The molecule has 58 valence electrons. The van der Waals surface area contributed by atoms with Crippen LogP contribution < -0.4 is 0 Å². The monoisotopic (exact) mass is 148 g/mol. The number of rotatable bonds is 1. The second kappa shape index (κ2) is 2.35. The van der Waals surface area contributed by atoms with Gasteiger partial charge in [-0.15, -0.1) is 0 Å². The molecule has 1 atom stereocenters. The van der Waals surface area contributed by atoms with Gasteiger partial charge in [-0.3, -0.25) is 0 Å². The predicted molar refractivity (Wildman–Crippen MR) is 44.6 cm³/mol. The highest BCUT2D eigenvalue weighted by molar-refractivity contribution is 5.31. The van der Waals surface area contributed by atoms with Crippen LogP contribution in [0.25, 0.3) is 0 Å². The Labute approximate surface area is 67.0 Å². The molecule has 1 fully saturated rings. The largest absolute Gasteiger partial charge is 0.368 e. The van der Waals surface area contributed by atoms with Gasteiger partial charge < -0.3 is 4.74 Å². The van der Waals surface area contributed by atoms with E-state index in [1.807, 2.05) is 0 Å². The summed E-state index contributed by atoms with van der Waals surface area (Å²) in [5.74, 6) is 0. The minimum Gasteiger partial charge on any atom is -0.368 e. The maximum absolute atomic E-state index is 5.20. The molecule has 2 rings (SSSR count). The average molecular weight is 148 g/mol. The number of hydrogen-bond acceptors (Lipinski definition) is 1. The summed E-state index contributed by atoms with van der Waals surface area (Å²) in [5.41, 5.74) is 3.99. The Hall–Kier alpha value is -0.820. The van der Waals surface area contributed by atoms with Gasteiger partial charge in [0, 0.05) is 0 Å². The van der Waals surface area contributed by atoms with Gasteiger partial charge in [0.1, 0.15) is 6.10 Å². The molecular weight excluding hydrogens is 136 g/mol. The van der Waals surface area contributed by atoms with Crippen LogP contribution >= 0.6 is 0 Å². The van der Waals surface area contributed by atoms with E-state index in [0.29, 0.717) is 6.10 Å². The quantitative estimate of drug-likeness (QED) is 0.557. The number of hydrogen-bond donors (Lipinski definition) is 0. The molecule has 1 saturated heterocycles. The van der Waals surface area contributed by atoms with E-state index >= 15 is 0 Å².